The van der Waals surface area contributed by atoms with Crippen molar-refractivity contribution in [1.29, 1.82) is 0 Å². The first-order valence-corrected chi connectivity index (χ1v) is 3.74. The van der Waals surface area contributed by atoms with Gasteiger partial charge in [0.05, 0.1) is 5.56 Å². The highest BCUT2D eigenvalue weighted by atomic mass is 35.5. The molecule has 0 aromatic carbocycles. The molecule has 0 aliphatic rings. The van der Waals surface area contributed by atoms with E-state index in [0.29, 0.717) is 15.9 Å². The van der Waals surface area contributed by atoms with Crippen molar-refractivity contribution in [2.75, 3.05) is 0 Å². The van der Waals surface area contributed by atoms with Crippen molar-refractivity contribution >= 4 is 23.2 Å². The molecule has 1 aromatic rings. The quantitative estimate of drug-likeness (QED) is 0.448. The van der Waals surface area contributed by atoms with E-state index < -0.39 is 0 Å². The second-order valence-corrected chi connectivity index (χ2v) is 2.59. The summed E-state index contributed by atoms with van der Waals surface area (Å²) in [5, 5.41) is 0.739. The first-order chi connectivity index (χ1) is 5.24. The molecule has 0 saturated carbocycles. The fraction of sp³-hybridized carbons (Fsp3) is 0.125. The summed E-state index contributed by atoms with van der Waals surface area (Å²) in [4.78, 5) is 3.82. The third-order valence-corrected chi connectivity index (χ3v) is 1.57. The van der Waals surface area contributed by atoms with Gasteiger partial charge in [-0.1, -0.05) is 29.1 Å². The molecule has 0 fully saturated rings. The van der Waals surface area contributed by atoms with Crippen molar-refractivity contribution in [3.8, 4) is 11.8 Å². The van der Waals surface area contributed by atoms with E-state index in [-0.39, 0.29) is 0 Å². The molecule has 0 unspecified atom stereocenters. The Morgan fingerprint density at radius 1 is 1.36 bits per heavy atom. The monoisotopic (exact) mass is 185 g/mol. The normalized spacial score (nSPS) is 8.64. The van der Waals surface area contributed by atoms with Gasteiger partial charge in [-0.05, 0) is 19.1 Å². The van der Waals surface area contributed by atoms with Crippen LogP contribution in [0.4, 0.5) is 0 Å². The van der Waals surface area contributed by atoms with Gasteiger partial charge in [0.1, 0.15) is 10.3 Å². The van der Waals surface area contributed by atoms with Crippen LogP contribution in [0.15, 0.2) is 12.1 Å². The van der Waals surface area contributed by atoms with E-state index in [1.54, 1.807) is 19.1 Å². The predicted molar refractivity (Wildman–Crippen MR) is 46.8 cm³/mol. The molecule has 56 valence electrons. The molecular weight excluding hydrogens is 181 g/mol. The molecule has 1 rings (SSSR count). The molecule has 0 saturated heterocycles. The lowest BCUT2D eigenvalue weighted by Gasteiger charge is -1.93. The summed E-state index contributed by atoms with van der Waals surface area (Å²) in [6, 6.07) is 3.40. The molecule has 0 radical (unpaired) electrons. The van der Waals surface area contributed by atoms with E-state index in [0.717, 1.165) is 0 Å². The van der Waals surface area contributed by atoms with Crippen LogP contribution >= 0.6 is 23.2 Å². The highest BCUT2D eigenvalue weighted by molar-refractivity contribution is 6.33. The zero-order valence-electron chi connectivity index (χ0n) is 5.86. The summed E-state index contributed by atoms with van der Waals surface area (Å²) in [5.74, 6) is 5.53. The smallest absolute Gasteiger partial charge is 0.146 e. The molecule has 0 aliphatic heterocycles. The van der Waals surface area contributed by atoms with E-state index >= 15 is 0 Å². The van der Waals surface area contributed by atoms with Gasteiger partial charge >= 0.3 is 0 Å². The number of hydrogen-bond donors (Lipinski definition) is 0. The lowest BCUT2D eigenvalue weighted by atomic mass is 10.3. The Morgan fingerprint density at radius 3 is 2.64 bits per heavy atom. The van der Waals surface area contributed by atoms with E-state index in [1.165, 1.54) is 0 Å². The molecular formula is C8H5Cl2N. The predicted octanol–water partition coefficient (Wildman–Crippen LogP) is 2.76. The molecule has 1 heterocycles. The van der Waals surface area contributed by atoms with Crippen molar-refractivity contribution in [3.63, 3.8) is 0 Å². The SMILES string of the molecule is CC#Cc1ccc(Cl)nc1Cl. The van der Waals surface area contributed by atoms with Crippen molar-refractivity contribution in [2.24, 2.45) is 0 Å². The second-order valence-electron chi connectivity index (χ2n) is 1.85. The Bertz CT molecular complexity index is 323. The van der Waals surface area contributed by atoms with Crippen LogP contribution in [0.5, 0.6) is 0 Å². The van der Waals surface area contributed by atoms with E-state index in [4.69, 9.17) is 23.2 Å². The molecule has 3 heteroatoms. The largest absolute Gasteiger partial charge is 0.223 e. The summed E-state index contributed by atoms with van der Waals surface area (Å²) >= 11 is 11.3. The highest BCUT2D eigenvalue weighted by Crippen LogP contribution is 2.14. The van der Waals surface area contributed by atoms with Crippen LogP contribution in [-0.2, 0) is 0 Å². The first kappa shape index (κ1) is 8.39. The molecule has 0 N–H and O–H groups in total. The summed E-state index contributed by atoms with van der Waals surface area (Å²) in [5.41, 5.74) is 0.707. The fourth-order valence-electron chi connectivity index (χ4n) is 0.640. The molecule has 11 heavy (non-hydrogen) atoms. The molecule has 0 spiro atoms. The highest BCUT2D eigenvalue weighted by Gasteiger charge is 1.97. The Labute approximate surface area is 75.4 Å². The zero-order valence-corrected chi connectivity index (χ0v) is 7.37. The van der Waals surface area contributed by atoms with E-state index in [1.807, 2.05) is 0 Å². The molecule has 1 aromatic heterocycles. The number of rotatable bonds is 0. The van der Waals surface area contributed by atoms with Crippen LogP contribution in [0.2, 0.25) is 10.3 Å². The number of nitrogens with zero attached hydrogens (tertiary/aromatic N) is 1. The van der Waals surface area contributed by atoms with Gasteiger partial charge in [-0.3, -0.25) is 0 Å². The van der Waals surface area contributed by atoms with E-state index in [2.05, 4.69) is 16.8 Å². The Hall–Kier alpha value is -0.710. The number of halogens is 2. The molecule has 1 nitrogen and oxygen atoms in total. The van der Waals surface area contributed by atoms with Crippen molar-refractivity contribution in [2.45, 2.75) is 6.92 Å². The minimum Gasteiger partial charge on any atom is -0.223 e. The summed E-state index contributed by atoms with van der Waals surface area (Å²) in [6.45, 7) is 1.74. The third kappa shape index (κ3) is 2.11. The third-order valence-electron chi connectivity index (χ3n) is 1.07. The minimum atomic E-state index is 0.354. The van der Waals surface area contributed by atoms with Gasteiger partial charge in [-0.15, -0.1) is 5.92 Å². The van der Waals surface area contributed by atoms with Crippen LogP contribution in [0.25, 0.3) is 0 Å². The molecule has 0 atom stereocenters. The second kappa shape index (κ2) is 3.61. The molecule has 0 amide bonds. The van der Waals surface area contributed by atoms with Crippen LogP contribution < -0.4 is 0 Å². The van der Waals surface area contributed by atoms with Crippen molar-refractivity contribution in [3.05, 3.63) is 28.0 Å². The van der Waals surface area contributed by atoms with Gasteiger partial charge in [0.15, 0.2) is 0 Å². The Balaban J connectivity index is 3.16. The standard InChI is InChI=1S/C8H5Cl2N/c1-2-3-6-4-5-7(9)11-8(6)10/h4-5H,1H3. The average molecular weight is 186 g/mol. The van der Waals surface area contributed by atoms with Crippen molar-refractivity contribution in [1.82, 2.24) is 4.98 Å². The average Bonchev–Trinajstić information content (AvgIpc) is 1.95. The van der Waals surface area contributed by atoms with Gasteiger partial charge in [0.25, 0.3) is 0 Å². The van der Waals surface area contributed by atoms with Crippen LogP contribution in [0, 0.1) is 11.8 Å². The fourth-order valence-corrected chi connectivity index (χ4v) is 1.03. The molecule has 0 bridgehead atoms. The summed E-state index contributed by atoms with van der Waals surface area (Å²) < 4.78 is 0. The maximum atomic E-state index is 5.71. The van der Waals surface area contributed by atoms with Crippen LogP contribution in [0.3, 0.4) is 0 Å². The maximum absolute atomic E-state index is 5.71. The summed E-state index contributed by atoms with van der Waals surface area (Å²) in [6.07, 6.45) is 0. The topological polar surface area (TPSA) is 12.9 Å². The van der Waals surface area contributed by atoms with Gasteiger partial charge in [-0.25, -0.2) is 4.98 Å². The Morgan fingerprint density at radius 2 is 2.09 bits per heavy atom. The lowest BCUT2D eigenvalue weighted by molar-refractivity contribution is 1.31. The first-order valence-electron chi connectivity index (χ1n) is 2.99. The van der Waals surface area contributed by atoms with Gasteiger partial charge in [-0.2, -0.15) is 0 Å². The van der Waals surface area contributed by atoms with Gasteiger partial charge < -0.3 is 0 Å². The lowest BCUT2D eigenvalue weighted by Crippen LogP contribution is -1.81. The van der Waals surface area contributed by atoms with Crippen LogP contribution in [-0.4, -0.2) is 4.98 Å². The molecule has 0 aliphatic carbocycles. The zero-order chi connectivity index (χ0) is 8.27. The van der Waals surface area contributed by atoms with Crippen LogP contribution in [0.1, 0.15) is 12.5 Å². The maximum Gasteiger partial charge on any atom is 0.146 e. The number of hydrogen-bond acceptors (Lipinski definition) is 1. The van der Waals surface area contributed by atoms with Crippen molar-refractivity contribution < 1.29 is 0 Å². The van der Waals surface area contributed by atoms with Gasteiger partial charge in [0.2, 0.25) is 0 Å². The summed E-state index contributed by atoms with van der Waals surface area (Å²) in [7, 11) is 0. The Kier molecular flexibility index (Phi) is 2.76. The van der Waals surface area contributed by atoms with Gasteiger partial charge in [0, 0.05) is 0 Å². The minimum absolute atomic E-state index is 0.354. The number of pyridine rings is 1. The van der Waals surface area contributed by atoms with E-state index in [9.17, 15) is 0 Å². The number of aromatic nitrogens is 1.